The summed E-state index contributed by atoms with van der Waals surface area (Å²) in [5.41, 5.74) is 1.02. The summed E-state index contributed by atoms with van der Waals surface area (Å²) in [6.45, 7) is 5.82. The number of aldehydes is 1. The fraction of sp³-hybridized carbons (Fsp3) is 0.533. The Morgan fingerprint density at radius 3 is 2.61 bits per heavy atom. The van der Waals surface area contributed by atoms with Crippen molar-refractivity contribution in [3.8, 4) is 0 Å². The number of hydrogen-bond acceptors (Lipinski definition) is 2. The Kier molecular flexibility index (Phi) is 6.03. The molecule has 0 aliphatic carbocycles. The van der Waals surface area contributed by atoms with Crippen LogP contribution in [0, 0.1) is 5.41 Å². The second-order valence-corrected chi connectivity index (χ2v) is 6.14. The molecule has 2 nitrogen and oxygen atoms in total. The quantitative estimate of drug-likeness (QED) is 0.712. The van der Waals surface area contributed by atoms with Gasteiger partial charge in [-0.25, -0.2) is 0 Å². The number of nitrogens with zero attached hydrogens (tertiary/aromatic N) is 1. The molecule has 0 amide bonds. The Bertz CT molecular complexity index is 394. The van der Waals surface area contributed by atoms with Gasteiger partial charge in [-0.2, -0.15) is 0 Å². The van der Waals surface area contributed by atoms with Crippen LogP contribution in [0.4, 0.5) is 0 Å². The average Bonchev–Trinajstić information content (AvgIpc) is 2.32. The second kappa shape index (κ2) is 7.05. The standard InChI is InChI=1S/C15H22BrNO/c1-4-9-15(2,12-18)11-17(3)10-13-7-5-6-8-14(13)16/h5-8,12H,4,9-11H2,1-3H3. The molecule has 0 fully saturated rings. The maximum atomic E-state index is 11.2. The van der Waals surface area contributed by atoms with Gasteiger partial charge in [-0.15, -0.1) is 0 Å². The fourth-order valence-corrected chi connectivity index (χ4v) is 2.75. The van der Waals surface area contributed by atoms with Gasteiger partial charge in [0.25, 0.3) is 0 Å². The summed E-state index contributed by atoms with van der Waals surface area (Å²) < 4.78 is 1.13. The van der Waals surface area contributed by atoms with Crippen LogP contribution >= 0.6 is 15.9 Å². The summed E-state index contributed by atoms with van der Waals surface area (Å²) in [7, 11) is 2.07. The van der Waals surface area contributed by atoms with Crippen molar-refractivity contribution in [3.63, 3.8) is 0 Å². The van der Waals surface area contributed by atoms with Crippen LogP contribution in [0.15, 0.2) is 28.7 Å². The Morgan fingerprint density at radius 1 is 1.39 bits per heavy atom. The molecule has 0 saturated carbocycles. The molecule has 1 rings (SSSR count). The molecule has 100 valence electrons. The molecule has 0 saturated heterocycles. The van der Waals surface area contributed by atoms with Gasteiger partial charge in [-0.3, -0.25) is 0 Å². The lowest BCUT2D eigenvalue weighted by Crippen LogP contribution is -2.34. The van der Waals surface area contributed by atoms with E-state index >= 15 is 0 Å². The fourth-order valence-electron chi connectivity index (χ4n) is 2.34. The van der Waals surface area contributed by atoms with Gasteiger partial charge in [0.05, 0.1) is 0 Å². The van der Waals surface area contributed by atoms with Crippen LogP contribution < -0.4 is 0 Å². The highest BCUT2D eigenvalue weighted by Gasteiger charge is 2.24. The summed E-state index contributed by atoms with van der Waals surface area (Å²) in [6, 6.07) is 8.21. The molecule has 0 aliphatic rings. The third kappa shape index (κ3) is 4.54. The Morgan fingerprint density at radius 2 is 2.06 bits per heavy atom. The SMILES string of the molecule is CCCC(C)(C=O)CN(C)Cc1ccccc1Br. The third-order valence-electron chi connectivity index (χ3n) is 3.13. The Balaban J connectivity index is 2.63. The normalized spacial score (nSPS) is 14.5. The largest absolute Gasteiger partial charge is 0.303 e. The predicted octanol–water partition coefficient (Wildman–Crippen LogP) is 3.89. The van der Waals surface area contributed by atoms with E-state index in [1.54, 1.807) is 0 Å². The molecule has 1 unspecified atom stereocenters. The lowest BCUT2D eigenvalue weighted by atomic mass is 9.87. The van der Waals surface area contributed by atoms with E-state index < -0.39 is 0 Å². The van der Waals surface area contributed by atoms with Crippen LogP contribution in [0.1, 0.15) is 32.3 Å². The van der Waals surface area contributed by atoms with Gasteiger partial charge >= 0.3 is 0 Å². The summed E-state index contributed by atoms with van der Waals surface area (Å²) in [6.07, 6.45) is 3.09. The van der Waals surface area contributed by atoms with E-state index in [1.165, 1.54) is 5.56 Å². The zero-order valence-electron chi connectivity index (χ0n) is 11.4. The maximum absolute atomic E-state index is 11.2. The number of rotatable bonds is 7. The van der Waals surface area contributed by atoms with Crippen molar-refractivity contribution in [2.45, 2.75) is 33.2 Å². The molecule has 0 heterocycles. The Labute approximate surface area is 119 Å². The molecule has 1 aromatic rings. The van der Waals surface area contributed by atoms with Crippen molar-refractivity contribution in [1.29, 1.82) is 0 Å². The maximum Gasteiger partial charge on any atom is 0.127 e. The first-order valence-electron chi connectivity index (χ1n) is 6.39. The van der Waals surface area contributed by atoms with E-state index in [2.05, 4.69) is 40.9 Å². The van der Waals surface area contributed by atoms with Crippen LogP contribution in [0.3, 0.4) is 0 Å². The number of halogens is 1. The first kappa shape index (κ1) is 15.4. The molecule has 0 aromatic heterocycles. The smallest absolute Gasteiger partial charge is 0.127 e. The van der Waals surface area contributed by atoms with E-state index in [1.807, 2.05) is 25.1 Å². The van der Waals surface area contributed by atoms with Crippen molar-refractivity contribution in [1.82, 2.24) is 4.90 Å². The average molecular weight is 312 g/mol. The van der Waals surface area contributed by atoms with Crippen molar-refractivity contribution >= 4 is 22.2 Å². The van der Waals surface area contributed by atoms with E-state index in [9.17, 15) is 4.79 Å². The van der Waals surface area contributed by atoms with E-state index in [0.29, 0.717) is 0 Å². The van der Waals surface area contributed by atoms with Gasteiger partial charge in [-0.05, 0) is 25.1 Å². The van der Waals surface area contributed by atoms with Gasteiger partial charge in [-0.1, -0.05) is 54.4 Å². The molecule has 1 atom stereocenters. The van der Waals surface area contributed by atoms with E-state index in [0.717, 1.165) is 36.7 Å². The number of hydrogen-bond donors (Lipinski definition) is 0. The van der Waals surface area contributed by atoms with Gasteiger partial charge in [0.15, 0.2) is 0 Å². The second-order valence-electron chi connectivity index (χ2n) is 5.29. The van der Waals surface area contributed by atoms with Crippen molar-refractivity contribution in [3.05, 3.63) is 34.3 Å². The lowest BCUT2D eigenvalue weighted by Gasteiger charge is -2.29. The predicted molar refractivity (Wildman–Crippen MR) is 79.6 cm³/mol. The molecule has 0 N–H and O–H groups in total. The first-order valence-corrected chi connectivity index (χ1v) is 7.18. The summed E-state index contributed by atoms with van der Waals surface area (Å²) in [5, 5.41) is 0. The van der Waals surface area contributed by atoms with Gasteiger partial charge < -0.3 is 9.69 Å². The third-order valence-corrected chi connectivity index (χ3v) is 3.91. The molecule has 0 bridgehead atoms. The number of benzene rings is 1. The molecule has 0 aliphatic heterocycles. The van der Waals surface area contributed by atoms with E-state index in [-0.39, 0.29) is 5.41 Å². The molecule has 18 heavy (non-hydrogen) atoms. The molecule has 3 heteroatoms. The highest BCUT2D eigenvalue weighted by Crippen LogP contribution is 2.23. The molecule has 0 spiro atoms. The minimum Gasteiger partial charge on any atom is -0.303 e. The monoisotopic (exact) mass is 311 g/mol. The Hall–Kier alpha value is -0.670. The zero-order valence-corrected chi connectivity index (χ0v) is 13.0. The highest BCUT2D eigenvalue weighted by molar-refractivity contribution is 9.10. The minimum atomic E-state index is -0.231. The first-order chi connectivity index (χ1) is 8.50. The summed E-state index contributed by atoms with van der Waals surface area (Å²) >= 11 is 3.56. The van der Waals surface area contributed by atoms with Gasteiger partial charge in [0.1, 0.15) is 6.29 Å². The van der Waals surface area contributed by atoms with Crippen LogP contribution in [-0.4, -0.2) is 24.8 Å². The molecule has 0 radical (unpaired) electrons. The van der Waals surface area contributed by atoms with Crippen LogP contribution in [0.5, 0.6) is 0 Å². The van der Waals surface area contributed by atoms with Crippen LogP contribution in [0.25, 0.3) is 0 Å². The van der Waals surface area contributed by atoms with Crippen molar-refractivity contribution in [2.75, 3.05) is 13.6 Å². The lowest BCUT2D eigenvalue weighted by molar-refractivity contribution is -0.116. The molecule has 1 aromatic carbocycles. The number of carbonyl (C=O) groups excluding carboxylic acids is 1. The highest BCUT2D eigenvalue weighted by atomic mass is 79.9. The molecular weight excluding hydrogens is 290 g/mol. The van der Waals surface area contributed by atoms with E-state index in [4.69, 9.17) is 0 Å². The minimum absolute atomic E-state index is 0.231. The topological polar surface area (TPSA) is 20.3 Å². The summed E-state index contributed by atoms with van der Waals surface area (Å²) in [5.74, 6) is 0. The van der Waals surface area contributed by atoms with Crippen molar-refractivity contribution in [2.24, 2.45) is 5.41 Å². The molecular formula is C15H22BrNO. The zero-order chi connectivity index (χ0) is 13.6. The number of carbonyl (C=O) groups is 1. The van der Waals surface area contributed by atoms with Crippen LogP contribution in [0.2, 0.25) is 0 Å². The summed E-state index contributed by atoms with van der Waals surface area (Å²) in [4.78, 5) is 13.4. The van der Waals surface area contributed by atoms with Gasteiger partial charge in [0.2, 0.25) is 0 Å². The van der Waals surface area contributed by atoms with Gasteiger partial charge in [0, 0.05) is 23.0 Å². The van der Waals surface area contributed by atoms with Crippen molar-refractivity contribution < 1.29 is 4.79 Å². The van der Waals surface area contributed by atoms with Crippen LogP contribution in [-0.2, 0) is 11.3 Å².